The van der Waals surface area contributed by atoms with Crippen LogP contribution in [0, 0.1) is 17.2 Å². The minimum absolute atomic E-state index is 0.0271. The number of amides is 1. The minimum atomic E-state index is -0.0271. The van der Waals surface area contributed by atoms with Gasteiger partial charge in [0, 0.05) is 25.3 Å². The van der Waals surface area contributed by atoms with Crippen LogP contribution in [-0.4, -0.2) is 41.5 Å². The number of aromatic nitrogens is 1. The third-order valence-corrected chi connectivity index (χ3v) is 4.00. The van der Waals surface area contributed by atoms with Gasteiger partial charge >= 0.3 is 0 Å². The molecule has 0 saturated carbocycles. The molecule has 0 bridgehead atoms. The summed E-state index contributed by atoms with van der Waals surface area (Å²) in [6, 6.07) is 5.72. The number of likely N-dealkylation sites (tertiary alicyclic amines) is 1. The van der Waals surface area contributed by atoms with E-state index in [0.717, 1.165) is 19.6 Å². The average Bonchev–Trinajstić information content (AvgIpc) is 2.90. The van der Waals surface area contributed by atoms with E-state index >= 15 is 0 Å². The molecule has 0 aliphatic carbocycles. The molecule has 5 nitrogen and oxygen atoms in total. The monoisotopic (exact) mass is 256 g/mol. The molecular weight excluding hydrogens is 240 g/mol. The van der Waals surface area contributed by atoms with Gasteiger partial charge in [0.1, 0.15) is 11.8 Å². The molecule has 0 spiro atoms. The number of nitrogens with zero attached hydrogens (tertiary/aromatic N) is 3. The lowest BCUT2D eigenvalue weighted by atomic mass is 9.94. The van der Waals surface area contributed by atoms with Crippen molar-refractivity contribution in [2.45, 2.75) is 18.9 Å². The van der Waals surface area contributed by atoms with E-state index in [0.29, 0.717) is 23.2 Å². The smallest absolute Gasteiger partial charge is 0.272 e. The van der Waals surface area contributed by atoms with Gasteiger partial charge in [0.2, 0.25) is 0 Å². The van der Waals surface area contributed by atoms with E-state index in [1.54, 1.807) is 12.1 Å². The summed E-state index contributed by atoms with van der Waals surface area (Å²) in [5.41, 5.74) is 0.908. The van der Waals surface area contributed by atoms with Gasteiger partial charge in [0.05, 0.1) is 5.56 Å². The summed E-state index contributed by atoms with van der Waals surface area (Å²) in [6.45, 7) is 2.64. The van der Waals surface area contributed by atoms with Crippen LogP contribution < -0.4 is 5.32 Å². The number of hydrogen-bond acceptors (Lipinski definition) is 4. The molecule has 2 fully saturated rings. The van der Waals surface area contributed by atoms with Gasteiger partial charge in [-0.05, 0) is 37.4 Å². The van der Waals surface area contributed by atoms with Crippen LogP contribution in [0.15, 0.2) is 18.3 Å². The Morgan fingerprint density at radius 2 is 2.37 bits per heavy atom. The van der Waals surface area contributed by atoms with Crippen LogP contribution >= 0.6 is 0 Å². The lowest BCUT2D eigenvalue weighted by Crippen LogP contribution is -2.41. The summed E-state index contributed by atoms with van der Waals surface area (Å²) in [5, 5.41) is 12.2. The number of nitrogens with one attached hydrogen (secondary N) is 1. The highest BCUT2D eigenvalue weighted by Gasteiger charge is 2.36. The highest BCUT2D eigenvalue weighted by molar-refractivity contribution is 5.92. The number of fused-ring (bicyclic) bond motifs is 1. The van der Waals surface area contributed by atoms with Crippen molar-refractivity contribution in [1.82, 2.24) is 15.2 Å². The minimum Gasteiger partial charge on any atom is -0.335 e. The Labute approximate surface area is 112 Å². The molecule has 98 valence electrons. The highest BCUT2D eigenvalue weighted by Crippen LogP contribution is 2.25. The number of hydrogen-bond donors (Lipinski definition) is 1. The van der Waals surface area contributed by atoms with Crippen LogP contribution in [0.4, 0.5) is 0 Å². The molecule has 2 atom stereocenters. The lowest BCUT2D eigenvalue weighted by molar-refractivity contribution is 0.0780. The molecule has 1 aromatic rings. The third-order valence-electron chi connectivity index (χ3n) is 4.00. The molecule has 2 aliphatic rings. The molecule has 2 aliphatic heterocycles. The van der Waals surface area contributed by atoms with Crippen LogP contribution in [-0.2, 0) is 0 Å². The first-order chi connectivity index (χ1) is 9.28. The Hall–Kier alpha value is -1.93. The molecule has 2 saturated heterocycles. The van der Waals surface area contributed by atoms with Crippen LogP contribution in [0.2, 0.25) is 0 Å². The molecule has 1 aromatic heterocycles. The summed E-state index contributed by atoms with van der Waals surface area (Å²) in [4.78, 5) is 18.3. The number of carbonyl (C=O) groups excluding carboxylic acids is 1. The topological polar surface area (TPSA) is 69.0 Å². The zero-order valence-corrected chi connectivity index (χ0v) is 10.7. The second-order valence-electron chi connectivity index (χ2n) is 5.22. The zero-order chi connectivity index (χ0) is 13.2. The molecule has 2 unspecified atom stereocenters. The summed E-state index contributed by atoms with van der Waals surface area (Å²) in [5.74, 6) is 0.553. The van der Waals surface area contributed by atoms with E-state index in [4.69, 9.17) is 5.26 Å². The van der Waals surface area contributed by atoms with Crippen LogP contribution in [0.3, 0.4) is 0 Å². The summed E-state index contributed by atoms with van der Waals surface area (Å²) in [7, 11) is 0. The normalized spacial score (nSPS) is 25.7. The molecule has 3 rings (SSSR count). The van der Waals surface area contributed by atoms with Crippen molar-refractivity contribution in [2.75, 3.05) is 19.6 Å². The first-order valence-electron chi connectivity index (χ1n) is 6.67. The van der Waals surface area contributed by atoms with E-state index in [-0.39, 0.29) is 5.91 Å². The maximum absolute atomic E-state index is 12.3. The standard InChI is InChI=1S/C14H16N4O/c15-6-10-3-4-12(17-7-10)14(19)18-8-11-2-1-5-16-13(11)9-18/h3-4,7,11,13,16H,1-2,5,8-9H2. The quantitative estimate of drug-likeness (QED) is 0.806. The number of carbonyl (C=O) groups is 1. The predicted octanol–water partition coefficient (Wildman–Crippen LogP) is 0.777. The van der Waals surface area contributed by atoms with Crippen molar-refractivity contribution in [3.8, 4) is 6.07 Å². The largest absolute Gasteiger partial charge is 0.335 e. The van der Waals surface area contributed by atoms with Gasteiger partial charge in [-0.1, -0.05) is 0 Å². The van der Waals surface area contributed by atoms with E-state index in [9.17, 15) is 4.79 Å². The van der Waals surface area contributed by atoms with E-state index < -0.39 is 0 Å². The van der Waals surface area contributed by atoms with Crippen molar-refractivity contribution in [2.24, 2.45) is 5.92 Å². The zero-order valence-electron chi connectivity index (χ0n) is 10.7. The Bertz CT molecular complexity index is 505. The van der Waals surface area contributed by atoms with Gasteiger partial charge in [-0.2, -0.15) is 5.26 Å². The van der Waals surface area contributed by atoms with Gasteiger partial charge in [0.15, 0.2) is 0 Å². The van der Waals surface area contributed by atoms with Gasteiger partial charge < -0.3 is 10.2 Å². The maximum Gasteiger partial charge on any atom is 0.272 e. The van der Waals surface area contributed by atoms with Crippen LogP contribution in [0.25, 0.3) is 0 Å². The molecule has 1 amide bonds. The van der Waals surface area contributed by atoms with Gasteiger partial charge in [0.25, 0.3) is 5.91 Å². The first-order valence-corrected chi connectivity index (χ1v) is 6.67. The van der Waals surface area contributed by atoms with Crippen molar-refractivity contribution in [3.05, 3.63) is 29.6 Å². The molecule has 19 heavy (non-hydrogen) atoms. The number of nitriles is 1. The SMILES string of the molecule is N#Cc1ccc(C(=O)N2CC3CCCNC3C2)nc1. The first kappa shape index (κ1) is 12.1. The fraction of sp³-hybridized carbons (Fsp3) is 0.500. The van der Waals surface area contributed by atoms with Crippen molar-refractivity contribution < 1.29 is 4.79 Å². The Balaban J connectivity index is 1.72. The molecule has 0 aromatic carbocycles. The van der Waals surface area contributed by atoms with E-state index in [1.165, 1.54) is 19.0 Å². The summed E-state index contributed by atoms with van der Waals surface area (Å²) < 4.78 is 0. The van der Waals surface area contributed by atoms with Crippen LogP contribution in [0.1, 0.15) is 28.9 Å². The molecule has 1 N–H and O–H groups in total. The van der Waals surface area contributed by atoms with Gasteiger partial charge in [-0.3, -0.25) is 4.79 Å². The molecular formula is C14H16N4O. The van der Waals surface area contributed by atoms with Gasteiger partial charge in [-0.25, -0.2) is 4.98 Å². The Morgan fingerprint density at radius 1 is 1.47 bits per heavy atom. The van der Waals surface area contributed by atoms with Crippen molar-refractivity contribution >= 4 is 5.91 Å². The lowest BCUT2D eigenvalue weighted by Gasteiger charge is -2.24. The Morgan fingerprint density at radius 3 is 3.05 bits per heavy atom. The second kappa shape index (κ2) is 4.98. The van der Waals surface area contributed by atoms with Gasteiger partial charge in [-0.15, -0.1) is 0 Å². The van der Waals surface area contributed by atoms with E-state index in [1.807, 2.05) is 11.0 Å². The maximum atomic E-state index is 12.3. The number of piperidine rings is 1. The molecule has 5 heteroatoms. The summed E-state index contributed by atoms with van der Waals surface area (Å²) in [6.07, 6.45) is 3.84. The number of pyridine rings is 1. The third kappa shape index (κ3) is 2.32. The predicted molar refractivity (Wildman–Crippen MR) is 69.4 cm³/mol. The van der Waals surface area contributed by atoms with E-state index in [2.05, 4.69) is 10.3 Å². The van der Waals surface area contributed by atoms with Crippen molar-refractivity contribution in [1.29, 1.82) is 5.26 Å². The van der Waals surface area contributed by atoms with Crippen LogP contribution in [0.5, 0.6) is 0 Å². The molecule has 0 radical (unpaired) electrons. The summed E-state index contributed by atoms with van der Waals surface area (Å²) >= 11 is 0. The van der Waals surface area contributed by atoms with Crippen molar-refractivity contribution in [3.63, 3.8) is 0 Å². The Kier molecular flexibility index (Phi) is 3.18. The fourth-order valence-corrected chi connectivity index (χ4v) is 2.96. The fourth-order valence-electron chi connectivity index (χ4n) is 2.96. The highest BCUT2D eigenvalue weighted by atomic mass is 16.2. The molecule has 3 heterocycles. The number of rotatable bonds is 1. The second-order valence-corrected chi connectivity index (χ2v) is 5.22. The average molecular weight is 256 g/mol.